The maximum Gasteiger partial charge on any atom is 0.407 e. The molecule has 2 aromatic rings. The third kappa shape index (κ3) is 5.04. The fourth-order valence-electron chi connectivity index (χ4n) is 5.82. The van der Waals surface area contributed by atoms with Crippen molar-refractivity contribution in [1.82, 2.24) is 10.6 Å². The van der Waals surface area contributed by atoms with Crippen LogP contribution < -0.4 is 10.6 Å². The predicted molar refractivity (Wildman–Crippen MR) is 131 cm³/mol. The van der Waals surface area contributed by atoms with Gasteiger partial charge >= 0.3 is 12.1 Å². The van der Waals surface area contributed by atoms with Crippen molar-refractivity contribution < 1.29 is 24.2 Å². The number of carboxylic acid groups (broad SMARTS) is 1. The van der Waals surface area contributed by atoms with Crippen LogP contribution in [0.4, 0.5) is 4.79 Å². The van der Waals surface area contributed by atoms with Gasteiger partial charge < -0.3 is 20.5 Å². The zero-order valence-electron chi connectivity index (χ0n) is 19.8. The van der Waals surface area contributed by atoms with E-state index in [9.17, 15) is 14.4 Å². The van der Waals surface area contributed by atoms with Crippen molar-refractivity contribution in [3.63, 3.8) is 0 Å². The molecule has 2 fully saturated rings. The number of rotatable bonds is 8. The van der Waals surface area contributed by atoms with Crippen LogP contribution in [-0.4, -0.2) is 41.8 Å². The molecule has 2 aromatic carbocycles. The Morgan fingerprint density at radius 2 is 1.57 bits per heavy atom. The van der Waals surface area contributed by atoms with Crippen molar-refractivity contribution in [2.45, 2.75) is 56.4 Å². The molecule has 7 nitrogen and oxygen atoms in total. The van der Waals surface area contributed by atoms with Crippen LogP contribution in [0.3, 0.4) is 0 Å². The number of hydrogen-bond donors (Lipinski definition) is 3. The lowest BCUT2D eigenvalue weighted by Gasteiger charge is -2.37. The first kappa shape index (κ1) is 23.4. The summed E-state index contributed by atoms with van der Waals surface area (Å²) >= 11 is 0. The van der Waals surface area contributed by atoms with Crippen molar-refractivity contribution in [1.29, 1.82) is 0 Å². The number of fused-ring (bicyclic) bond motifs is 3. The second-order valence-corrected chi connectivity index (χ2v) is 10.2. The van der Waals surface area contributed by atoms with Gasteiger partial charge in [-0.05, 0) is 47.4 Å². The van der Waals surface area contributed by atoms with Gasteiger partial charge in [-0.15, -0.1) is 0 Å². The van der Waals surface area contributed by atoms with E-state index in [4.69, 9.17) is 9.84 Å². The van der Waals surface area contributed by atoms with E-state index < -0.39 is 17.6 Å². The molecule has 0 heterocycles. The molecule has 2 amide bonds. The van der Waals surface area contributed by atoms with Crippen LogP contribution in [0, 0.1) is 11.8 Å². The highest BCUT2D eigenvalue weighted by molar-refractivity contribution is 5.80. The number of ether oxygens (including phenoxy) is 1. The van der Waals surface area contributed by atoms with Gasteiger partial charge in [0.05, 0.1) is 11.5 Å². The van der Waals surface area contributed by atoms with Crippen LogP contribution in [-0.2, 0) is 14.3 Å². The third-order valence-electron chi connectivity index (χ3n) is 7.82. The molecule has 0 radical (unpaired) electrons. The highest BCUT2D eigenvalue weighted by Gasteiger charge is 2.43. The molecule has 0 aliphatic heterocycles. The summed E-state index contributed by atoms with van der Waals surface area (Å²) in [5, 5.41) is 15.0. The maximum absolute atomic E-state index is 12.9. The molecule has 3 N–H and O–H groups in total. The maximum atomic E-state index is 12.9. The van der Waals surface area contributed by atoms with Crippen molar-refractivity contribution >= 4 is 18.0 Å². The van der Waals surface area contributed by atoms with E-state index in [1.165, 1.54) is 11.1 Å². The van der Waals surface area contributed by atoms with E-state index in [2.05, 4.69) is 34.9 Å². The van der Waals surface area contributed by atoms with Crippen LogP contribution in [0.15, 0.2) is 48.5 Å². The number of benzene rings is 2. The molecule has 7 heteroatoms. The summed E-state index contributed by atoms with van der Waals surface area (Å²) < 4.78 is 5.75. The molecule has 2 saturated carbocycles. The normalized spacial score (nSPS) is 21.9. The van der Waals surface area contributed by atoms with Crippen LogP contribution in [0.2, 0.25) is 0 Å². The second-order valence-electron chi connectivity index (χ2n) is 10.2. The average molecular weight is 477 g/mol. The molecule has 0 spiro atoms. The number of aliphatic carboxylic acids is 1. The van der Waals surface area contributed by atoms with E-state index in [-0.39, 0.29) is 36.7 Å². The van der Waals surface area contributed by atoms with Crippen molar-refractivity contribution in [2.75, 3.05) is 13.2 Å². The van der Waals surface area contributed by atoms with Crippen LogP contribution >= 0.6 is 0 Å². The molecule has 3 aliphatic rings. The SMILES string of the molecule is O=C(CC1(NC(=O)OCC2c3ccccc3-c3ccccc32)CCCCC1)NC[C@@H]1C[C@@H]1C(=O)O. The van der Waals surface area contributed by atoms with Crippen molar-refractivity contribution in [3.8, 4) is 11.1 Å². The second kappa shape index (κ2) is 9.72. The van der Waals surface area contributed by atoms with Gasteiger partial charge in [0.2, 0.25) is 5.91 Å². The molecule has 0 aromatic heterocycles. The molecule has 0 unspecified atom stereocenters. The Bertz CT molecular complexity index is 1080. The van der Waals surface area contributed by atoms with E-state index in [1.807, 2.05) is 24.3 Å². The Morgan fingerprint density at radius 3 is 2.17 bits per heavy atom. The predicted octanol–water partition coefficient (Wildman–Crippen LogP) is 4.46. The van der Waals surface area contributed by atoms with Gasteiger partial charge in [0, 0.05) is 18.9 Å². The minimum Gasteiger partial charge on any atom is -0.481 e. The third-order valence-corrected chi connectivity index (χ3v) is 7.82. The Labute approximate surface area is 205 Å². The minimum absolute atomic E-state index is 0.00819. The number of carbonyl (C=O) groups excluding carboxylic acids is 2. The zero-order valence-corrected chi connectivity index (χ0v) is 19.8. The Balaban J connectivity index is 1.19. The monoisotopic (exact) mass is 476 g/mol. The Morgan fingerprint density at radius 1 is 0.943 bits per heavy atom. The molecular weight excluding hydrogens is 444 g/mol. The van der Waals surface area contributed by atoms with Gasteiger partial charge in [-0.3, -0.25) is 9.59 Å². The standard InChI is InChI=1S/C28H32N2O5/c31-25(29-16-18-14-23(18)26(32)33)15-28(12-6-1-7-13-28)30-27(34)35-17-24-21-10-4-2-8-19(21)20-9-3-5-11-22(20)24/h2-5,8-11,18,23-24H,1,6-7,12-17H2,(H,29,31)(H,30,34)(H,32,33)/t18-,23-/m0/s1. The summed E-state index contributed by atoms with van der Waals surface area (Å²) in [6.45, 7) is 0.608. The molecule has 184 valence electrons. The number of alkyl carbamates (subject to hydrolysis) is 1. The molecule has 0 bridgehead atoms. The summed E-state index contributed by atoms with van der Waals surface area (Å²) in [4.78, 5) is 36.7. The van der Waals surface area contributed by atoms with Crippen LogP contribution in [0.25, 0.3) is 11.1 Å². The first-order valence-corrected chi connectivity index (χ1v) is 12.6. The summed E-state index contributed by atoms with van der Waals surface area (Å²) in [5.41, 5.74) is 4.05. The van der Waals surface area contributed by atoms with E-state index >= 15 is 0 Å². The topological polar surface area (TPSA) is 105 Å². The Kier molecular flexibility index (Phi) is 6.50. The first-order valence-electron chi connectivity index (χ1n) is 12.6. The lowest BCUT2D eigenvalue weighted by molar-refractivity contribution is -0.139. The lowest BCUT2D eigenvalue weighted by Crippen LogP contribution is -2.52. The number of hydrogen-bond acceptors (Lipinski definition) is 4. The molecular formula is C28H32N2O5. The fraction of sp³-hybridized carbons (Fsp3) is 0.464. The molecule has 3 aliphatic carbocycles. The summed E-state index contributed by atoms with van der Waals surface area (Å²) in [6.07, 6.45) is 4.73. The van der Waals surface area contributed by atoms with Crippen molar-refractivity contribution in [3.05, 3.63) is 59.7 Å². The molecule has 5 rings (SSSR count). The fourth-order valence-corrected chi connectivity index (χ4v) is 5.82. The summed E-state index contributed by atoms with van der Waals surface area (Å²) in [6, 6.07) is 16.4. The van der Waals surface area contributed by atoms with Crippen molar-refractivity contribution in [2.24, 2.45) is 11.8 Å². The number of carboxylic acids is 1. The molecule has 2 atom stereocenters. The van der Waals surface area contributed by atoms with E-state index in [1.54, 1.807) is 0 Å². The van der Waals surface area contributed by atoms with Crippen LogP contribution in [0.5, 0.6) is 0 Å². The largest absolute Gasteiger partial charge is 0.481 e. The average Bonchev–Trinajstić information content (AvgIpc) is 3.58. The highest BCUT2D eigenvalue weighted by atomic mass is 16.5. The van der Waals surface area contributed by atoms with Crippen LogP contribution in [0.1, 0.15) is 62.0 Å². The quantitative estimate of drug-likeness (QED) is 0.522. The van der Waals surface area contributed by atoms with Gasteiger partial charge in [-0.1, -0.05) is 67.8 Å². The minimum atomic E-state index is -0.801. The number of carbonyl (C=O) groups is 3. The smallest absolute Gasteiger partial charge is 0.407 e. The Hall–Kier alpha value is -3.35. The van der Waals surface area contributed by atoms with E-state index in [0.717, 1.165) is 43.2 Å². The molecule has 0 saturated heterocycles. The first-order chi connectivity index (χ1) is 17.0. The molecule has 35 heavy (non-hydrogen) atoms. The summed E-state index contributed by atoms with van der Waals surface area (Å²) in [5.74, 6) is -1.31. The number of amides is 2. The lowest BCUT2D eigenvalue weighted by atomic mass is 9.79. The van der Waals surface area contributed by atoms with Gasteiger partial charge in [-0.2, -0.15) is 0 Å². The van der Waals surface area contributed by atoms with Gasteiger partial charge in [0.1, 0.15) is 6.61 Å². The highest BCUT2D eigenvalue weighted by Crippen LogP contribution is 2.44. The summed E-state index contributed by atoms with van der Waals surface area (Å²) in [7, 11) is 0. The van der Waals surface area contributed by atoms with E-state index in [0.29, 0.717) is 13.0 Å². The number of nitrogens with one attached hydrogen (secondary N) is 2. The zero-order chi connectivity index (χ0) is 24.4. The van der Waals surface area contributed by atoms with Gasteiger partial charge in [-0.25, -0.2) is 4.79 Å². The van der Waals surface area contributed by atoms with Gasteiger partial charge in [0.15, 0.2) is 0 Å². The van der Waals surface area contributed by atoms with Gasteiger partial charge in [0.25, 0.3) is 0 Å².